The molecule has 1 aromatic heterocycles. The Kier molecular flexibility index (Phi) is 4.18. The number of hydrogen-bond acceptors (Lipinski definition) is 4. The minimum Gasteiger partial charge on any atom is -0.384 e. The molecular formula is C15H14N2O3. The van der Waals surface area contributed by atoms with Gasteiger partial charge in [-0.15, -0.1) is 0 Å². The number of amides is 1. The number of hydrogen-bond donors (Lipinski definition) is 2. The van der Waals surface area contributed by atoms with Gasteiger partial charge in [0.05, 0.1) is 11.3 Å². The Hall–Kier alpha value is -2.58. The van der Waals surface area contributed by atoms with Crippen LogP contribution in [0.4, 0.5) is 5.88 Å². The molecule has 0 aliphatic carbocycles. The highest BCUT2D eigenvalue weighted by Crippen LogP contribution is 2.19. The summed E-state index contributed by atoms with van der Waals surface area (Å²) in [5.41, 5.74) is 2.49. The minimum absolute atomic E-state index is 0.254. The van der Waals surface area contributed by atoms with Gasteiger partial charge >= 0.3 is 0 Å². The fourth-order valence-corrected chi connectivity index (χ4v) is 1.63. The van der Waals surface area contributed by atoms with E-state index in [4.69, 9.17) is 9.63 Å². The summed E-state index contributed by atoms with van der Waals surface area (Å²) in [4.78, 5) is 12.2. The molecule has 0 bridgehead atoms. The van der Waals surface area contributed by atoms with Crippen molar-refractivity contribution < 1.29 is 14.4 Å². The maximum atomic E-state index is 12.2. The topological polar surface area (TPSA) is 75.4 Å². The molecule has 2 N–H and O–H groups in total. The molecule has 0 saturated carbocycles. The van der Waals surface area contributed by atoms with Gasteiger partial charge < -0.3 is 9.63 Å². The molecule has 102 valence electrons. The molecule has 5 heteroatoms. The first kappa shape index (κ1) is 13.8. The van der Waals surface area contributed by atoms with E-state index >= 15 is 0 Å². The third-order valence-corrected chi connectivity index (χ3v) is 2.86. The zero-order valence-corrected chi connectivity index (χ0v) is 11.2. The minimum atomic E-state index is -0.327. The summed E-state index contributed by atoms with van der Waals surface area (Å²) < 4.78 is 5.05. The molecule has 5 nitrogen and oxygen atoms in total. The van der Waals surface area contributed by atoms with E-state index in [1.165, 1.54) is 0 Å². The maximum absolute atomic E-state index is 12.2. The SMILES string of the molecule is Cc1noc(NC(=O)c2ccccc2C#CCO)c1C. The van der Waals surface area contributed by atoms with Gasteiger partial charge in [0.1, 0.15) is 6.61 Å². The second kappa shape index (κ2) is 6.04. The Bertz CT molecular complexity index is 693. The number of aliphatic hydroxyl groups is 1. The number of benzene rings is 1. The van der Waals surface area contributed by atoms with Crippen LogP contribution >= 0.6 is 0 Å². The summed E-state index contributed by atoms with van der Waals surface area (Å²) >= 11 is 0. The number of carbonyl (C=O) groups excluding carboxylic acids is 1. The van der Waals surface area contributed by atoms with E-state index < -0.39 is 0 Å². The van der Waals surface area contributed by atoms with E-state index in [1.54, 1.807) is 31.2 Å². The van der Waals surface area contributed by atoms with Crippen molar-refractivity contribution in [1.29, 1.82) is 0 Å². The predicted octanol–water partition coefficient (Wildman–Crippen LogP) is 1.89. The Balaban J connectivity index is 2.28. The van der Waals surface area contributed by atoms with Crippen LogP contribution in [0.25, 0.3) is 0 Å². The van der Waals surface area contributed by atoms with E-state index in [1.807, 2.05) is 6.92 Å². The molecule has 0 unspecified atom stereocenters. The molecule has 0 spiro atoms. The molecule has 2 rings (SSSR count). The lowest BCUT2D eigenvalue weighted by Gasteiger charge is -2.04. The molecule has 0 atom stereocenters. The second-order valence-corrected chi connectivity index (χ2v) is 4.18. The van der Waals surface area contributed by atoms with E-state index in [2.05, 4.69) is 22.3 Å². The average Bonchev–Trinajstić information content (AvgIpc) is 2.77. The van der Waals surface area contributed by atoms with Crippen LogP contribution in [0.2, 0.25) is 0 Å². The lowest BCUT2D eigenvalue weighted by molar-refractivity contribution is 0.102. The summed E-state index contributed by atoms with van der Waals surface area (Å²) in [5.74, 6) is 5.28. The van der Waals surface area contributed by atoms with Crippen molar-refractivity contribution in [3.05, 3.63) is 46.6 Å². The van der Waals surface area contributed by atoms with Crippen LogP contribution in [-0.2, 0) is 0 Å². The standard InChI is InChI=1S/C15H14N2O3/c1-10-11(2)17-20-15(10)16-14(19)13-8-4-3-6-12(13)7-5-9-18/h3-4,6,8,18H,9H2,1-2H3,(H,16,19). The fraction of sp³-hybridized carbons (Fsp3) is 0.200. The molecule has 1 amide bonds. The zero-order valence-electron chi connectivity index (χ0n) is 11.2. The van der Waals surface area contributed by atoms with Gasteiger partial charge in [-0.2, -0.15) is 0 Å². The van der Waals surface area contributed by atoms with Crippen molar-refractivity contribution in [3.8, 4) is 11.8 Å². The van der Waals surface area contributed by atoms with Crippen molar-refractivity contribution in [2.45, 2.75) is 13.8 Å². The summed E-state index contributed by atoms with van der Waals surface area (Å²) in [6.07, 6.45) is 0. The third kappa shape index (κ3) is 2.87. The van der Waals surface area contributed by atoms with Gasteiger partial charge in [0, 0.05) is 11.1 Å². The highest BCUT2D eigenvalue weighted by molar-refractivity contribution is 6.05. The maximum Gasteiger partial charge on any atom is 0.259 e. The van der Waals surface area contributed by atoms with Crippen LogP contribution in [0.15, 0.2) is 28.8 Å². The molecule has 2 aromatic rings. The lowest BCUT2D eigenvalue weighted by Crippen LogP contribution is -2.13. The summed E-state index contributed by atoms with van der Waals surface area (Å²) in [6, 6.07) is 6.91. The largest absolute Gasteiger partial charge is 0.384 e. The molecule has 1 aromatic carbocycles. The third-order valence-electron chi connectivity index (χ3n) is 2.86. The smallest absolute Gasteiger partial charge is 0.259 e. The molecule has 0 aliphatic rings. The molecule has 0 radical (unpaired) electrons. The van der Waals surface area contributed by atoms with Gasteiger partial charge in [-0.25, -0.2) is 0 Å². The molecule has 0 aliphatic heterocycles. The van der Waals surface area contributed by atoms with Crippen molar-refractivity contribution in [1.82, 2.24) is 5.16 Å². The number of rotatable bonds is 2. The first-order chi connectivity index (χ1) is 9.63. The van der Waals surface area contributed by atoms with Gasteiger partial charge in [0.2, 0.25) is 5.88 Å². The van der Waals surface area contributed by atoms with E-state index in [9.17, 15) is 4.79 Å². The van der Waals surface area contributed by atoms with Crippen molar-refractivity contribution in [3.63, 3.8) is 0 Å². The summed E-state index contributed by atoms with van der Waals surface area (Å²) in [7, 11) is 0. The second-order valence-electron chi connectivity index (χ2n) is 4.18. The van der Waals surface area contributed by atoms with Gasteiger partial charge in [0.15, 0.2) is 0 Å². The number of aliphatic hydroxyl groups excluding tert-OH is 1. The number of nitrogens with zero attached hydrogens (tertiary/aromatic N) is 1. The Morgan fingerprint density at radius 3 is 2.80 bits per heavy atom. The Morgan fingerprint density at radius 1 is 1.40 bits per heavy atom. The highest BCUT2D eigenvalue weighted by atomic mass is 16.5. The monoisotopic (exact) mass is 270 g/mol. The van der Waals surface area contributed by atoms with Crippen molar-refractivity contribution >= 4 is 11.8 Å². The van der Waals surface area contributed by atoms with Gasteiger partial charge in [-0.1, -0.05) is 29.1 Å². The number of aryl methyl sites for hydroxylation is 1. The van der Waals surface area contributed by atoms with Crippen molar-refractivity contribution in [2.24, 2.45) is 0 Å². The zero-order chi connectivity index (χ0) is 14.5. The Labute approximate surface area is 116 Å². The Morgan fingerprint density at radius 2 is 2.15 bits per heavy atom. The first-order valence-corrected chi connectivity index (χ1v) is 6.06. The van der Waals surface area contributed by atoms with Crippen LogP contribution in [0, 0.1) is 25.7 Å². The predicted molar refractivity (Wildman–Crippen MR) is 74.3 cm³/mol. The van der Waals surface area contributed by atoms with Crippen LogP contribution in [-0.4, -0.2) is 22.8 Å². The number of nitrogens with one attached hydrogen (secondary N) is 1. The van der Waals surface area contributed by atoms with E-state index in [0.717, 1.165) is 11.3 Å². The average molecular weight is 270 g/mol. The van der Waals surface area contributed by atoms with Crippen LogP contribution in [0.3, 0.4) is 0 Å². The fourth-order valence-electron chi connectivity index (χ4n) is 1.63. The quantitative estimate of drug-likeness (QED) is 0.817. The molecule has 1 heterocycles. The molecule has 0 saturated heterocycles. The van der Waals surface area contributed by atoms with Crippen molar-refractivity contribution in [2.75, 3.05) is 11.9 Å². The highest BCUT2D eigenvalue weighted by Gasteiger charge is 2.15. The van der Waals surface area contributed by atoms with Crippen LogP contribution in [0.1, 0.15) is 27.2 Å². The van der Waals surface area contributed by atoms with Crippen LogP contribution in [0.5, 0.6) is 0 Å². The van der Waals surface area contributed by atoms with Gasteiger partial charge in [0.25, 0.3) is 5.91 Å². The molecule has 0 fully saturated rings. The number of carbonyl (C=O) groups is 1. The van der Waals surface area contributed by atoms with E-state index in [-0.39, 0.29) is 12.5 Å². The summed E-state index contributed by atoms with van der Waals surface area (Å²) in [5, 5.41) is 15.2. The van der Waals surface area contributed by atoms with Crippen LogP contribution < -0.4 is 5.32 Å². The summed E-state index contributed by atoms with van der Waals surface area (Å²) in [6.45, 7) is 3.37. The lowest BCUT2D eigenvalue weighted by atomic mass is 10.1. The number of anilines is 1. The van der Waals surface area contributed by atoms with Gasteiger partial charge in [-0.05, 0) is 26.0 Å². The molecular weight excluding hydrogens is 256 g/mol. The number of aromatic nitrogens is 1. The van der Waals surface area contributed by atoms with E-state index in [0.29, 0.717) is 17.0 Å². The van der Waals surface area contributed by atoms with Gasteiger partial charge in [-0.3, -0.25) is 10.1 Å². The molecule has 20 heavy (non-hydrogen) atoms. The first-order valence-electron chi connectivity index (χ1n) is 6.06. The normalized spacial score (nSPS) is 9.75.